The Morgan fingerprint density at radius 2 is 1.93 bits per heavy atom. The number of rotatable bonds is 11. The van der Waals surface area contributed by atoms with Crippen molar-refractivity contribution in [1.82, 2.24) is 9.99 Å². The molecule has 2 rings (SSSR count). The van der Waals surface area contributed by atoms with Crippen LogP contribution >= 0.6 is 19.3 Å². The van der Waals surface area contributed by atoms with Gasteiger partial charge in [0.25, 0.3) is 7.52 Å². The van der Waals surface area contributed by atoms with Crippen LogP contribution < -0.4 is 10.8 Å². The van der Waals surface area contributed by atoms with E-state index >= 15 is 0 Å². The summed E-state index contributed by atoms with van der Waals surface area (Å²) in [5.41, 5.74) is 6.26. The number of aliphatic carboxylic acids is 1. The average molecular weight is 429 g/mol. The first-order chi connectivity index (χ1) is 13.3. The monoisotopic (exact) mass is 429 g/mol. The first kappa shape index (κ1) is 22.9. The molecule has 8 nitrogen and oxygen atoms in total. The minimum absolute atomic E-state index is 0.0765. The predicted octanol–water partition coefficient (Wildman–Crippen LogP) is 2.01. The maximum Gasteiger partial charge on any atom is 0.323 e. The molecule has 1 saturated heterocycles. The van der Waals surface area contributed by atoms with Crippen LogP contribution in [0.3, 0.4) is 0 Å². The highest BCUT2D eigenvalue weighted by Crippen LogP contribution is 2.42. The molecule has 5 N–H and O–H groups in total. The van der Waals surface area contributed by atoms with Crippen molar-refractivity contribution in [3.63, 3.8) is 0 Å². The summed E-state index contributed by atoms with van der Waals surface area (Å²) in [4.78, 5) is 35.6. The molecule has 10 heteroatoms. The van der Waals surface area contributed by atoms with Gasteiger partial charge >= 0.3 is 5.97 Å². The number of carbonyl (C=O) groups is 2. The molecule has 1 amide bonds. The molecule has 0 aromatic heterocycles. The molecule has 0 spiro atoms. The van der Waals surface area contributed by atoms with Crippen molar-refractivity contribution in [2.24, 2.45) is 5.73 Å². The predicted molar refractivity (Wildman–Crippen MR) is 110 cm³/mol. The Bertz CT molecular complexity index is 706. The van der Waals surface area contributed by atoms with Gasteiger partial charge in [0.1, 0.15) is 18.0 Å². The number of hydrogen-bond donors (Lipinski definition) is 4. The Morgan fingerprint density at radius 1 is 1.25 bits per heavy atom. The molecule has 0 saturated carbocycles. The molecule has 3 atom stereocenters. The fourth-order valence-electron chi connectivity index (χ4n) is 3.09. The van der Waals surface area contributed by atoms with Crippen LogP contribution in [0.5, 0.6) is 0 Å². The zero-order valence-corrected chi connectivity index (χ0v) is 17.4. The second kappa shape index (κ2) is 11.0. The van der Waals surface area contributed by atoms with Gasteiger partial charge in [0, 0.05) is 11.9 Å². The Balaban J connectivity index is 2.02. The summed E-state index contributed by atoms with van der Waals surface area (Å²) in [5, 5.41) is 11.4. The molecule has 1 aromatic carbocycles. The quantitative estimate of drug-likeness (QED) is 0.310. The first-order valence-corrected chi connectivity index (χ1v) is 12.2. The van der Waals surface area contributed by atoms with Gasteiger partial charge in [-0.15, -0.1) is 11.8 Å². The third-order valence-corrected chi connectivity index (χ3v) is 7.45. The second-order valence-corrected chi connectivity index (χ2v) is 9.99. The van der Waals surface area contributed by atoms with Crippen molar-refractivity contribution in [1.29, 1.82) is 0 Å². The Labute approximate surface area is 169 Å². The minimum atomic E-state index is -3.69. The second-order valence-electron chi connectivity index (χ2n) is 6.77. The van der Waals surface area contributed by atoms with Crippen molar-refractivity contribution in [2.75, 3.05) is 25.0 Å². The lowest BCUT2D eigenvalue weighted by molar-refractivity contribution is -0.145. The molecule has 1 heterocycles. The lowest BCUT2D eigenvalue weighted by Crippen LogP contribution is -2.52. The topological polar surface area (TPSA) is 133 Å². The van der Waals surface area contributed by atoms with E-state index in [1.807, 2.05) is 30.3 Å². The van der Waals surface area contributed by atoms with Crippen molar-refractivity contribution in [2.45, 2.75) is 37.1 Å². The van der Waals surface area contributed by atoms with Crippen molar-refractivity contribution in [3.8, 4) is 0 Å². The molecule has 0 radical (unpaired) electrons. The number of carbonyl (C=O) groups excluding carboxylic acids is 1. The van der Waals surface area contributed by atoms with Gasteiger partial charge in [-0.2, -0.15) is 0 Å². The van der Waals surface area contributed by atoms with Gasteiger partial charge in [0.2, 0.25) is 5.91 Å². The fraction of sp³-hybridized carbons (Fsp3) is 0.556. The van der Waals surface area contributed by atoms with E-state index in [1.54, 1.807) is 0 Å². The number of nitrogens with zero attached hydrogens (tertiary/aromatic N) is 1. The maximum absolute atomic E-state index is 12.9. The lowest BCUT2D eigenvalue weighted by Gasteiger charge is -2.38. The number of carboxylic acids is 1. The molecule has 1 aliphatic rings. The third-order valence-electron chi connectivity index (χ3n) is 4.45. The summed E-state index contributed by atoms with van der Waals surface area (Å²) in [6.07, 6.45) is 3.23. The highest BCUT2D eigenvalue weighted by molar-refractivity contribution is 7.99. The summed E-state index contributed by atoms with van der Waals surface area (Å²) in [5.74, 6) is -1.29. The number of thioether (sulfide) groups is 1. The summed E-state index contributed by atoms with van der Waals surface area (Å²) in [6, 6.07) is 8.30. The smallest absolute Gasteiger partial charge is 0.323 e. The van der Waals surface area contributed by atoms with E-state index in [4.69, 9.17) is 5.73 Å². The van der Waals surface area contributed by atoms with Crippen LogP contribution in [0.4, 0.5) is 0 Å². The number of unbranched alkanes of at least 4 members (excludes halogenated alkanes) is 3. The van der Waals surface area contributed by atoms with Crippen molar-refractivity contribution < 1.29 is 24.2 Å². The Hall–Kier alpha value is -1.38. The SMILES string of the molecule is NCCCCCCP(=O)(O)NC1CS[C@H](c2ccccc2)N(CC(=O)O)C1=O. The van der Waals surface area contributed by atoms with Gasteiger partial charge in [-0.1, -0.05) is 43.2 Å². The summed E-state index contributed by atoms with van der Waals surface area (Å²) >= 11 is 1.39. The largest absolute Gasteiger partial charge is 0.480 e. The number of carboxylic acid groups (broad SMARTS) is 1. The van der Waals surface area contributed by atoms with E-state index in [2.05, 4.69) is 5.09 Å². The normalized spacial score (nSPS) is 22.1. The molecule has 1 aliphatic heterocycles. The summed E-state index contributed by atoms with van der Waals surface area (Å²) in [6.45, 7) is 0.142. The zero-order chi connectivity index (χ0) is 20.6. The molecule has 156 valence electrons. The first-order valence-electron chi connectivity index (χ1n) is 9.32. The fourth-order valence-corrected chi connectivity index (χ4v) is 5.99. The molecular weight excluding hydrogens is 401 g/mol. The van der Waals surface area contributed by atoms with Crippen LogP contribution in [0.15, 0.2) is 30.3 Å². The standard InChI is InChI=1S/C18H28N3O5PS/c19-10-6-1-2-7-11-27(25,26)20-15-13-28-18(14-8-4-3-5-9-14)21(17(15)24)12-16(22)23/h3-5,8-9,15,18H,1-2,6-7,10-13,19H2,(H,22,23)(H2,20,25,26)/t15?,18-/m1/s1. The Kier molecular flexibility index (Phi) is 8.98. The van der Waals surface area contributed by atoms with Gasteiger partial charge in [-0.25, -0.2) is 5.09 Å². The van der Waals surface area contributed by atoms with Gasteiger partial charge in [-0.3, -0.25) is 14.2 Å². The van der Waals surface area contributed by atoms with Gasteiger partial charge in [0.05, 0.1) is 0 Å². The number of nitrogens with one attached hydrogen (secondary N) is 1. The molecule has 28 heavy (non-hydrogen) atoms. The minimum Gasteiger partial charge on any atom is -0.480 e. The lowest BCUT2D eigenvalue weighted by atomic mass is 10.2. The number of amides is 1. The molecule has 1 aromatic rings. The van der Waals surface area contributed by atoms with Crippen molar-refractivity contribution in [3.05, 3.63) is 35.9 Å². The number of hydrogen-bond acceptors (Lipinski definition) is 5. The van der Waals surface area contributed by atoms with E-state index in [0.29, 0.717) is 18.7 Å². The maximum atomic E-state index is 12.9. The molecule has 1 fully saturated rings. The molecule has 2 unspecified atom stereocenters. The molecule has 0 bridgehead atoms. The molecule has 0 aliphatic carbocycles. The van der Waals surface area contributed by atoms with E-state index in [1.165, 1.54) is 16.7 Å². The number of nitrogens with two attached hydrogens (primary N) is 1. The highest BCUT2D eigenvalue weighted by atomic mass is 32.2. The van der Waals surface area contributed by atoms with Crippen LogP contribution in [0.25, 0.3) is 0 Å². The van der Waals surface area contributed by atoms with Crippen LogP contribution in [0, 0.1) is 0 Å². The summed E-state index contributed by atoms with van der Waals surface area (Å²) < 4.78 is 12.5. The van der Waals surface area contributed by atoms with E-state index in [9.17, 15) is 24.2 Å². The summed E-state index contributed by atoms with van der Waals surface area (Å²) in [7, 11) is -3.69. The van der Waals surface area contributed by atoms with E-state index in [-0.39, 0.29) is 6.16 Å². The number of benzene rings is 1. The van der Waals surface area contributed by atoms with Crippen molar-refractivity contribution >= 4 is 31.2 Å². The zero-order valence-electron chi connectivity index (χ0n) is 15.7. The van der Waals surface area contributed by atoms with Gasteiger partial charge in [0.15, 0.2) is 0 Å². The van der Waals surface area contributed by atoms with Crippen LogP contribution in [0.2, 0.25) is 0 Å². The van der Waals surface area contributed by atoms with Crippen LogP contribution in [0.1, 0.15) is 36.6 Å². The van der Waals surface area contributed by atoms with Crippen LogP contribution in [-0.4, -0.2) is 57.8 Å². The average Bonchev–Trinajstić information content (AvgIpc) is 2.65. The molecular formula is C18H28N3O5PS. The van der Waals surface area contributed by atoms with Gasteiger partial charge < -0.3 is 20.6 Å². The van der Waals surface area contributed by atoms with Gasteiger partial charge in [-0.05, 0) is 24.9 Å². The van der Waals surface area contributed by atoms with E-state index < -0.39 is 37.4 Å². The van der Waals surface area contributed by atoms with E-state index in [0.717, 1.165) is 24.8 Å². The Morgan fingerprint density at radius 3 is 2.57 bits per heavy atom. The van der Waals surface area contributed by atoms with Crippen LogP contribution in [-0.2, 0) is 14.2 Å². The highest BCUT2D eigenvalue weighted by Gasteiger charge is 2.40. The third kappa shape index (κ3) is 6.90.